The van der Waals surface area contributed by atoms with Crippen molar-refractivity contribution in [1.82, 2.24) is 0 Å². The van der Waals surface area contributed by atoms with Crippen molar-refractivity contribution in [2.75, 3.05) is 0 Å². The molecule has 2 fully saturated rings. The van der Waals surface area contributed by atoms with Crippen LogP contribution in [0.15, 0.2) is 24.3 Å². The lowest BCUT2D eigenvalue weighted by Crippen LogP contribution is -2.38. The zero-order chi connectivity index (χ0) is 13.0. The SMILES string of the molecule is CC1(C)[C@H]2CC[C@@]1(C)[C@@H](Oc1ccc(O)cc1)C2. The van der Waals surface area contributed by atoms with Crippen LogP contribution in [0, 0.1) is 16.7 Å². The highest BCUT2D eigenvalue weighted by Crippen LogP contribution is 2.66. The Hall–Kier alpha value is -1.18. The van der Waals surface area contributed by atoms with Crippen LogP contribution in [-0.2, 0) is 0 Å². The van der Waals surface area contributed by atoms with Gasteiger partial charge in [0, 0.05) is 5.41 Å². The van der Waals surface area contributed by atoms with Crippen LogP contribution in [0.2, 0.25) is 0 Å². The van der Waals surface area contributed by atoms with E-state index >= 15 is 0 Å². The number of hydrogen-bond donors (Lipinski definition) is 1. The Morgan fingerprint density at radius 2 is 1.83 bits per heavy atom. The van der Waals surface area contributed by atoms with Crippen molar-refractivity contribution in [3.63, 3.8) is 0 Å². The summed E-state index contributed by atoms with van der Waals surface area (Å²) >= 11 is 0. The van der Waals surface area contributed by atoms with Gasteiger partial charge >= 0.3 is 0 Å². The summed E-state index contributed by atoms with van der Waals surface area (Å²) in [7, 11) is 0. The van der Waals surface area contributed by atoms with Crippen LogP contribution in [0.5, 0.6) is 11.5 Å². The molecule has 0 unspecified atom stereocenters. The fourth-order valence-corrected chi connectivity index (χ4v) is 4.00. The zero-order valence-corrected chi connectivity index (χ0v) is 11.4. The van der Waals surface area contributed by atoms with Crippen molar-refractivity contribution >= 4 is 0 Å². The Kier molecular flexibility index (Phi) is 2.42. The average molecular weight is 246 g/mol. The molecule has 2 heteroatoms. The van der Waals surface area contributed by atoms with E-state index in [2.05, 4.69) is 20.8 Å². The van der Waals surface area contributed by atoms with Gasteiger partial charge in [-0.3, -0.25) is 0 Å². The Morgan fingerprint density at radius 1 is 1.17 bits per heavy atom. The molecule has 0 aromatic heterocycles. The van der Waals surface area contributed by atoms with Gasteiger partial charge in [0.15, 0.2) is 0 Å². The van der Waals surface area contributed by atoms with Gasteiger partial charge in [0.05, 0.1) is 0 Å². The van der Waals surface area contributed by atoms with E-state index < -0.39 is 0 Å². The normalized spacial score (nSPS) is 36.8. The first-order valence-corrected chi connectivity index (χ1v) is 6.89. The maximum absolute atomic E-state index is 9.30. The molecule has 2 aliphatic carbocycles. The van der Waals surface area contributed by atoms with E-state index in [-0.39, 0.29) is 5.41 Å². The fraction of sp³-hybridized carbons (Fsp3) is 0.625. The Balaban J connectivity index is 1.81. The summed E-state index contributed by atoms with van der Waals surface area (Å²) in [5.74, 6) is 1.97. The highest BCUT2D eigenvalue weighted by atomic mass is 16.5. The van der Waals surface area contributed by atoms with Gasteiger partial charge in [-0.1, -0.05) is 20.8 Å². The van der Waals surface area contributed by atoms with Gasteiger partial charge in [-0.15, -0.1) is 0 Å². The molecule has 3 atom stereocenters. The second-order valence-corrected chi connectivity index (χ2v) is 6.71. The topological polar surface area (TPSA) is 29.5 Å². The molecule has 2 saturated carbocycles. The first-order chi connectivity index (χ1) is 8.43. The van der Waals surface area contributed by atoms with Crippen molar-refractivity contribution in [2.45, 2.75) is 46.1 Å². The van der Waals surface area contributed by atoms with Gasteiger partial charge < -0.3 is 9.84 Å². The van der Waals surface area contributed by atoms with Crippen molar-refractivity contribution in [1.29, 1.82) is 0 Å². The van der Waals surface area contributed by atoms with E-state index in [1.807, 2.05) is 12.1 Å². The lowest BCUT2D eigenvalue weighted by molar-refractivity contribution is 0.0301. The minimum absolute atomic E-state index is 0.287. The summed E-state index contributed by atoms with van der Waals surface area (Å²) in [4.78, 5) is 0. The van der Waals surface area contributed by atoms with Crippen LogP contribution in [0.25, 0.3) is 0 Å². The maximum atomic E-state index is 9.30. The van der Waals surface area contributed by atoms with Crippen LogP contribution in [0.3, 0.4) is 0 Å². The lowest BCUT2D eigenvalue weighted by Gasteiger charge is -2.38. The Bertz CT molecular complexity index is 449. The molecular formula is C16H22O2. The van der Waals surface area contributed by atoms with Crippen molar-refractivity contribution in [3.05, 3.63) is 24.3 Å². The molecule has 0 radical (unpaired) electrons. The maximum Gasteiger partial charge on any atom is 0.120 e. The first-order valence-electron chi connectivity index (χ1n) is 6.89. The van der Waals surface area contributed by atoms with Gasteiger partial charge in [0.2, 0.25) is 0 Å². The number of aromatic hydroxyl groups is 1. The molecule has 1 N–H and O–H groups in total. The van der Waals surface area contributed by atoms with E-state index in [0.29, 0.717) is 17.3 Å². The molecule has 98 valence electrons. The number of ether oxygens (including phenoxy) is 1. The van der Waals surface area contributed by atoms with Gasteiger partial charge in [-0.25, -0.2) is 0 Å². The molecule has 0 amide bonds. The van der Waals surface area contributed by atoms with Crippen LogP contribution >= 0.6 is 0 Å². The standard InChI is InChI=1S/C16H22O2/c1-15(2)11-8-9-16(15,3)14(10-11)18-13-6-4-12(17)5-7-13/h4-7,11,14,17H,8-10H2,1-3H3/t11-,14-,16-/m0/s1. The molecule has 2 aliphatic rings. The minimum Gasteiger partial charge on any atom is -0.508 e. The number of fused-ring (bicyclic) bond motifs is 2. The third-order valence-corrected chi connectivity index (χ3v) is 5.83. The summed E-state index contributed by atoms with van der Waals surface area (Å²) in [5.41, 5.74) is 0.671. The number of hydrogen-bond acceptors (Lipinski definition) is 2. The number of rotatable bonds is 2. The van der Waals surface area contributed by atoms with Gasteiger partial charge in [0.25, 0.3) is 0 Å². The number of phenols is 1. The van der Waals surface area contributed by atoms with Crippen molar-refractivity contribution in [2.24, 2.45) is 16.7 Å². The van der Waals surface area contributed by atoms with Crippen molar-refractivity contribution < 1.29 is 9.84 Å². The van der Waals surface area contributed by atoms with Crippen LogP contribution in [-0.4, -0.2) is 11.2 Å². The van der Waals surface area contributed by atoms with E-state index in [4.69, 9.17) is 4.74 Å². The van der Waals surface area contributed by atoms with Crippen LogP contribution < -0.4 is 4.74 Å². The predicted molar refractivity (Wildman–Crippen MR) is 71.8 cm³/mol. The summed E-state index contributed by atoms with van der Waals surface area (Å²) < 4.78 is 6.19. The van der Waals surface area contributed by atoms with Gasteiger partial charge in [-0.2, -0.15) is 0 Å². The molecule has 1 aromatic rings. The number of benzene rings is 1. The molecule has 2 bridgehead atoms. The van der Waals surface area contributed by atoms with E-state index in [1.54, 1.807) is 12.1 Å². The largest absolute Gasteiger partial charge is 0.508 e. The smallest absolute Gasteiger partial charge is 0.120 e. The predicted octanol–water partition coefficient (Wildman–Crippen LogP) is 3.99. The molecule has 18 heavy (non-hydrogen) atoms. The lowest BCUT2D eigenvalue weighted by atomic mass is 9.70. The van der Waals surface area contributed by atoms with E-state index in [9.17, 15) is 5.11 Å². The second-order valence-electron chi connectivity index (χ2n) is 6.71. The Labute approximate surface area is 109 Å². The van der Waals surface area contributed by atoms with Crippen molar-refractivity contribution in [3.8, 4) is 11.5 Å². The molecular weight excluding hydrogens is 224 g/mol. The fourth-order valence-electron chi connectivity index (χ4n) is 4.00. The summed E-state index contributed by atoms with van der Waals surface area (Å²) in [5, 5.41) is 9.30. The van der Waals surface area contributed by atoms with Crippen LogP contribution in [0.4, 0.5) is 0 Å². The molecule has 1 aromatic carbocycles. The molecule has 0 heterocycles. The quantitative estimate of drug-likeness (QED) is 0.855. The minimum atomic E-state index is 0.287. The first kappa shape index (κ1) is 11.9. The molecule has 2 nitrogen and oxygen atoms in total. The third kappa shape index (κ3) is 1.47. The third-order valence-electron chi connectivity index (χ3n) is 5.83. The van der Waals surface area contributed by atoms with E-state index in [1.165, 1.54) is 19.3 Å². The van der Waals surface area contributed by atoms with E-state index in [0.717, 1.165) is 11.7 Å². The summed E-state index contributed by atoms with van der Waals surface area (Å²) in [6.45, 7) is 7.17. The number of phenolic OH excluding ortho intramolecular Hbond substituents is 1. The second kappa shape index (κ2) is 3.66. The zero-order valence-electron chi connectivity index (χ0n) is 11.4. The monoisotopic (exact) mass is 246 g/mol. The molecule has 0 saturated heterocycles. The highest BCUT2D eigenvalue weighted by Gasteiger charge is 2.62. The van der Waals surface area contributed by atoms with Gasteiger partial charge in [-0.05, 0) is 54.9 Å². The highest BCUT2D eigenvalue weighted by molar-refractivity contribution is 5.30. The molecule has 3 rings (SSSR count). The summed E-state index contributed by atoms with van der Waals surface area (Å²) in [6.07, 6.45) is 4.10. The molecule has 0 aliphatic heterocycles. The molecule has 0 spiro atoms. The average Bonchev–Trinajstić information content (AvgIpc) is 2.65. The summed E-state index contributed by atoms with van der Waals surface area (Å²) in [6, 6.07) is 7.10. The van der Waals surface area contributed by atoms with Crippen LogP contribution in [0.1, 0.15) is 40.0 Å². The Morgan fingerprint density at radius 3 is 2.33 bits per heavy atom. The van der Waals surface area contributed by atoms with Gasteiger partial charge in [0.1, 0.15) is 17.6 Å².